The van der Waals surface area contributed by atoms with Crippen LogP contribution in [0, 0.1) is 5.41 Å². The van der Waals surface area contributed by atoms with Crippen LogP contribution >= 0.6 is 0 Å². The minimum absolute atomic E-state index is 0.104. The summed E-state index contributed by atoms with van der Waals surface area (Å²) in [5.74, 6) is -0.891. The summed E-state index contributed by atoms with van der Waals surface area (Å²) < 4.78 is 0. The number of carboxylic acid groups (broad SMARTS) is 1. The van der Waals surface area contributed by atoms with Crippen molar-refractivity contribution in [2.75, 3.05) is 26.2 Å². The number of aliphatic hydroxyl groups is 1. The molecule has 6 heteroatoms. The van der Waals surface area contributed by atoms with Crippen molar-refractivity contribution in [3.05, 3.63) is 0 Å². The number of likely N-dealkylation sites (N-methyl/N-ethyl adjacent to an activating group) is 1. The van der Waals surface area contributed by atoms with Gasteiger partial charge in [-0.15, -0.1) is 0 Å². The number of amides is 2. The highest BCUT2D eigenvalue weighted by Gasteiger charge is 2.35. The molecule has 106 valence electrons. The highest BCUT2D eigenvalue weighted by Crippen LogP contribution is 2.25. The topological polar surface area (TPSA) is 89.9 Å². The molecule has 0 aromatic heterocycles. The summed E-state index contributed by atoms with van der Waals surface area (Å²) in [4.78, 5) is 24.5. The Morgan fingerprint density at radius 1 is 1.22 bits per heavy atom. The third kappa shape index (κ3) is 4.18. The summed E-state index contributed by atoms with van der Waals surface area (Å²) in [5, 5.41) is 20.7. The third-order valence-corrected chi connectivity index (χ3v) is 3.42. The summed E-state index contributed by atoms with van der Waals surface area (Å²) >= 11 is 0. The van der Waals surface area contributed by atoms with E-state index in [4.69, 9.17) is 5.11 Å². The van der Waals surface area contributed by atoms with Gasteiger partial charge in [-0.1, -0.05) is 13.8 Å². The summed E-state index contributed by atoms with van der Waals surface area (Å²) in [6.07, 6.45) is 0.927. The van der Waals surface area contributed by atoms with E-state index < -0.39 is 11.4 Å². The van der Waals surface area contributed by atoms with Gasteiger partial charge >= 0.3 is 12.0 Å². The highest BCUT2D eigenvalue weighted by molar-refractivity contribution is 5.78. The Morgan fingerprint density at radius 2 is 1.78 bits per heavy atom. The van der Waals surface area contributed by atoms with Crippen LogP contribution in [0.1, 0.15) is 33.6 Å². The molecule has 0 radical (unpaired) electrons. The zero-order chi connectivity index (χ0) is 14.2. The largest absolute Gasteiger partial charge is 0.481 e. The minimum Gasteiger partial charge on any atom is -0.481 e. The molecule has 0 aliphatic rings. The molecule has 0 heterocycles. The first-order valence-electron chi connectivity index (χ1n) is 6.34. The Kier molecular flexibility index (Phi) is 7.35. The number of nitrogens with zero attached hydrogens (tertiary/aromatic N) is 1. The maximum Gasteiger partial charge on any atom is 0.317 e. The molecule has 0 bridgehead atoms. The van der Waals surface area contributed by atoms with E-state index in [9.17, 15) is 14.7 Å². The van der Waals surface area contributed by atoms with E-state index in [1.807, 2.05) is 0 Å². The molecule has 0 aromatic rings. The summed E-state index contributed by atoms with van der Waals surface area (Å²) in [6, 6.07) is -0.334. The molecule has 0 saturated carbocycles. The molecule has 6 nitrogen and oxygen atoms in total. The number of aliphatic hydroxyl groups excluding tert-OH is 1. The van der Waals surface area contributed by atoms with Crippen LogP contribution < -0.4 is 5.32 Å². The fourth-order valence-electron chi connectivity index (χ4n) is 1.76. The van der Waals surface area contributed by atoms with Gasteiger partial charge in [0, 0.05) is 19.6 Å². The molecular formula is C12H24N2O4. The Bertz CT molecular complexity index is 277. The standard InChI is InChI=1S/C12H24N2O4/c1-4-12(5-2,10(16)17)9-13-11(18)14(6-3)7-8-15/h15H,4-9H2,1-3H3,(H,13,18)(H,16,17). The number of nitrogens with one attached hydrogen (secondary N) is 1. The van der Waals surface area contributed by atoms with Crippen molar-refractivity contribution >= 4 is 12.0 Å². The molecular weight excluding hydrogens is 236 g/mol. The van der Waals surface area contributed by atoms with Gasteiger partial charge in [-0.2, -0.15) is 0 Å². The predicted octanol–water partition coefficient (Wildman–Crippen LogP) is 0.901. The molecule has 0 aliphatic carbocycles. The van der Waals surface area contributed by atoms with Crippen molar-refractivity contribution in [3.8, 4) is 0 Å². The molecule has 18 heavy (non-hydrogen) atoms. The lowest BCUT2D eigenvalue weighted by molar-refractivity contribution is -0.149. The molecule has 0 fully saturated rings. The smallest absolute Gasteiger partial charge is 0.317 e. The Labute approximate surface area is 108 Å². The minimum atomic E-state index is -0.908. The van der Waals surface area contributed by atoms with Gasteiger partial charge in [0.25, 0.3) is 0 Å². The lowest BCUT2D eigenvalue weighted by atomic mass is 9.82. The van der Waals surface area contributed by atoms with Crippen molar-refractivity contribution in [2.24, 2.45) is 5.41 Å². The first-order chi connectivity index (χ1) is 8.47. The first-order valence-corrected chi connectivity index (χ1v) is 6.34. The second-order valence-corrected chi connectivity index (χ2v) is 4.25. The molecule has 0 saturated heterocycles. The number of carbonyl (C=O) groups is 2. The van der Waals surface area contributed by atoms with Crippen LogP contribution in [-0.4, -0.2) is 53.4 Å². The first kappa shape index (κ1) is 16.7. The second-order valence-electron chi connectivity index (χ2n) is 4.25. The lowest BCUT2D eigenvalue weighted by Gasteiger charge is -2.28. The van der Waals surface area contributed by atoms with Crippen molar-refractivity contribution in [2.45, 2.75) is 33.6 Å². The molecule has 0 aromatic carbocycles. The summed E-state index contributed by atoms with van der Waals surface area (Å²) in [7, 11) is 0. The maximum atomic E-state index is 11.8. The van der Waals surface area contributed by atoms with Gasteiger partial charge < -0.3 is 20.4 Å². The van der Waals surface area contributed by atoms with Crippen molar-refractivity contribution in [1.82, 2.24) is 10.2 Å². The summed E-state index contributed by atoms with van der Waals surface area (Å²) in [5.41, 5.74) is -0.908. The zero-order valence-electron chi connectivity index (χ0n) is 11.4. The van der Waals surface area contributed by atoms with Crippen LogP contribution in [0.25, 0.3) is 0 Å². The van der Waals surface area contributed by atoms with Crippen LogP contribution in [0.4, 0.5) is 4.79 Å². The van der Waals surface area contributed by atoms with E-state index in [2.05, 4.69) is 5.32 Å². The van der Waals surface area contributed by atoms with E-state index in [0.717, 1.165) is 0 Å². The normalized spacial score (nSPS) is 11.1. The van der Waals surface area contributed by atoms with E-state index in [1.165, 1.54) is 4.90 Å². The Balaban J connectivity index is 4.52. The number of hydrogen-bond acceptors (Lipinski definition) is 3. The van der Waals surface area contributed by atoms with Crippen molar-refractivity contribution in [3.63, 3.8) is 0 Å². The average molecular weight is 260 g/mol. The number of carbonyl (C=O) groups excluding carboxylic acids is 1. The quantitative estimate of drug-likeness (QED) is 0.605. The van der Waals surface area contributed by atoms with Crippen molar-refractivity contribution < 1.29 is 19.8 Å². The van der Waals surface area contributed by atoms with E-state index in [-0.39, 0.29) is 25.7 Å². The van der Waals surface area contributed by atoms with E-state index in [0.29, 0.717) is 19.4 Å². The van der Waals surface area contributed by atoms with Gasteiger partial charge in [0.15, 0.2) is 0 Å². The number of urea groups is 1. The Hall–Kier alpha value is -1.30. The fraction of sp³-hybridized carbons (Fsp3) is 0.833. The van der Waals surface area contributed by atoms with Crippen LogP contribution in [0.5, 0.6) is 0 Å². The number of aliphatic carboxylic acids is 1. The lowest BCUT2D eigenvalue weighted by Crippen LogP contribution is -2.48. The van der Waals surface area contributed by atoms with Gasteiger partial charge in [0.05, 0.1) is 12.0 Å². The molecule has 0 aliphatic heterocycles. The predicted molar refractivity (Wildman–Crippen MR) is 68.4 cm³/mol. The molecule has 0 spiro atoms. The van der Waals surface area contributed by atoms with Gasteiger partial charge in [-0.05, 0) is 19.8 Å². The molecule has 2 amide bonds. The number of hydrogen-bond donors (Lipinski definition) is 3. The fourth-order valence-corrected chi connectivity index (χ4v) is 1.76. The van der Waals surface area contributed by atoms with Gasteiger partial charge in [-0.3, -0.25) is 4.79 Å². The Morgan fingerprint density at radius 3 is 2.11 bits per heavy atom. The van der Waals surface area contributed by atoms with Gasteiger partial charge in [0.1, 0.15) is 0 Å². The summed E-state index contributed by atoms with van der Waals surface area (Å²) in [6.45, 7) is 6.14. The molecule has 3 N–H and O–H groups in total. The zero-order valence-corrected chi connectivity index (χ0v) is 11.4. The molecule has 0 rings (SSSR count). The third-order valence-electron chi connectivity index (χ3n) is 3.42. The van der Waals surface area contributed by atoms with E-state index in [1.54, 1.807) is 20.8 Å². The van der Waals surface area contributed by atoms with Crippen LogP contribution in [0.2, 0.25) is 0 Å². The average Bonchev–Trinajstić information content (AvgIpc) is 2.37. The maximum absolute atomic E-state index is 11.8. The number of rotatable bonds is 8. The monoisotopic (exact) mass is 260 g/mol. The van der Waals surface area contributed by atoms with Crippen LogP contribution in [-0.2, 0) is 4.79 Å². The van der Waals surface area contributed by atoms with Crippen molar-refractivity contribution in [1.29, 1.82) is 0 Å². The molecule has 0 atom stereocenters. The highest BCUT2D eigenvalue weighted by atomic mass is 16.4. The number of carboxylic acids is 1. The van der Waals surface area contributed by atoms with Crippen LogP contribution in [0.3, 0.4) is 0 Å². The SMILES string of the molecule is CCN(CCO)C(=O)NCC(CC)(CC)C(=O)O. The molecule has 0 unspecified atom stereocenters. The van der Waals surface area contributed by atoms with Crippen LogP contribution in [0.15, 0.2) is 0 Å². The van der Waals surface area contributed by atoms with E-state index >= 15 is 0 Å². The second kappa shape index (κ2) is 7.92. The van der Waals surface area contributed by atoms with Gasteiger partial charge in [-0.25, -0.2) is 4.79 Å². The van der Waals surface area contributed by atoms with Gasteiger partial charge in [0.2, 0.25) is 0 Å².